The number of fused-ring (bicyclic) bond motifs is 1. The zero-order valence-corrected chi connectivity index (χ0v) is 13.9. The predicted octanol–water partition coefficient (Wildman–Crippen LogP) is 5.14. The quantitative estimate of drug-likeness (QED) is 0.771. The second-order valence-corrected chi connectivity index (χ2v) is 7.02. The maximum Gasteiger partial charge on any atom is 0.0343 e. The molecule has 3 heteroatoms. The van der Waals surface area contributed by atoms with Crippen LogP contribution in [0.2, 0.25) is 0 Å². The van der Waals surface area contributed by atoms with Crippen LogP contribution in [-0.4, -0.2) is 12.3 Å². The van der Waals surface area contributed by atoms with E-state index in [1.54, 1.807) is 11.8 Å². The van der Waals surface area contributed by atoms with E-state index in [0.29, 0.717) is 6.04 Å². The van der Waals surface area contributed by atoms with Crippen molar-refractivity contribution in [2.75, 3.05) is 11.6 Å². The van der Waals surface area contributed by atoms with Crippen molar-refractivity contribution in [2.45, 2.75) is 30.2 Å². The van der Waals surface area contributed by atoms with E-state index in [0.717, 1.165) is 12.8 Å². The fraction of sp³-hybridized carbons (Fsp3) is 0.294. The fourth-order valence-electron chi connectivity index (χ4n) is 2.77. The van der Waals surface area contributed by atoms with Gasteiger partial charge in [0.15, 0.2) is 0 Å². The second-order valence-electron chi connectivity index (χ2n) is 5.23. The van der Waals surface area contributed by atoms with E-state index < -0.39 is 0 Å². The van der Waals surface area contributed by atoms with Crippen LogP contribution in [0.5, 0.6) is 0 Å². The van der Waals surface area contributed by atoms with E-state index in [1.165, 1.54) is 32.6 Å². The van der Waals surface area contributed by atoms with E-state index in [4.69, 9.17) is 0 Å². The lowest BCUT2D eigenvalue weighted by molar-refractivity contribution is 0.610. The molecule has 104 valence electrons. The van der Waals surface area contributed by atoms with Gasteiger partial charge in [-0.25, -0.2) is 0 Å². The summed E-state index contributed by atoms with van der Waals surface area (Å²) in [5.74, 6) is 0. The molecule has 1 atom stereocenters. The molecule has 1 unspecified atom stereocenters. The van der Waals surface area contributed by atoms with Crippen LogP contribution in [0.25, 0.3) is 0 Å². The Morgan fingerprint density at radius 3 is 2.65 bits per heavy atom. The number of thioether (sulfide) groups is 1. The minimum Gasteiger partial charge on any atom is -0.382 e. The topological polar surface area (TPSA) is 12.0 Å². The van der Waals surface area contributed by atoms with Gasteiger partial charge in [0, 0.05) is 21.1 Å². The Morgan fingerprint density at radius 1 is 1.10 bits per heavy atom. The molecule has 0 spiro atoms. The van der Waals surface area contributed by atoms with E-state index in [9.17, 15) is 0 Å². The highest BCUT2D eigenvalue weighted by atomic mass is 79.9. The van der Waals surface area contributed by atoms with Crippen molar-refractivity contribution in [3.8, 4) is 0 Å². The lowest BCUT2D eigenvalue weighted by Gasteiger charge is -2.26. The zero-order chi connectivity index (χ0) is 13.9. The van der Waals surface area contributed by atoms with Gasteiger partial charge in [-0.1, -0.05) is 22.0 Å². The molecule has 0 amide bonds. The first-order valence-electron chi connectivity index (χ1n) is 6.92. The first kappa shape index (κ1) is 14.0. The van der Waals surface area contributed by atoms with Crippen LogP contribution in [0.15, 0.2) is 51.8 Å². The zero-order valence-electron chi connectivity index (χ0n) is 11.5. The standard InChI is InChI=1S/C17H18BrNS/c1-20-17-8-6-15(7-9-17)19-16-5-3-12-10-14(18)4-2-13(12)11-16/h2,4,6-10,16,19H,3,5,11H2,1H3. The Kier molecular flexibility index (Phi) is 4.37. The molecule has 1 nitrogen and oxygen atoms in total. The summed E-state index contributed by atoms with van der Waals surface area (Å²) >= 11 is 5.34. The van der Waals surface area contributed by atoms with Crippen molar-refractivity contribution in [1.29, 1.82) is 0 Å². The van der Waals surface area contributed by atoms with E-state index in [2.05, 4.69) is 70.0 Å². The minimum atomic E-state index is 0.545. The third kappa shape index (κ3) is 3.21. The summed E-state index contributed by atoms with van der Waals surface area (Å²) in [5, 5.41) is 3.67. The fourth-order valence-corrected chi connectivity index (χ4v) is 3.59. The van der Waals surface area contributed by atoms with Crippen molar-refractivity contribution >= 4 is 33.4 Å². The van der Waals surface area contributed by atoms with Crippen LogP contribution in [0, 0.1) is 0 Å². The summed E-state index contributed by atoms with van der Waals surface area (Å²) in [6, 6.07) is 15.9. The largest absolute Gasteiger partial charge is 0.382 e. The molecule has 1 aliphatic carbocycles. The first-order chi connectivity index (χ1) is 9.74. The molecule has 0 aromatic heterocycles. The molecule has 0 heterocycles. The SMILES string of the molecule is CSc1ccc(NC2CCc3cc(Br)ccc3C2)cc1. The highest BCUT2D eigenvalue weighted by Crippen LogP contribution is 2.27. The highest BCUT2D eigenvalue weighted by Gasteiger charge is 2.18. The van der Waals surface area contributed by atoms with Crippen molar-refractivity contribution in [2.24, 2.45) is 0 Å². The maximum atomic E-state index is 3.67. The third-order valence-corrected chi connectivity index (χ3v) is 5.09. The summed E-state index contributed by atoms with van der Waals surface area (Å²) < 4.78 is 1.19. The van der Waals surface area contributed by atoms with Gasteiger partial charge in [-0.3, -0.25) is 0 Å². The van der Waals surface area contributed by atoms with Crippen LogP contribution < -0.4 is 5.32 Å². The number of aryl methyl sites for hydroxylation is 1. The van der Waals surface area contributed by atoms with Crippen molar-refractivity contribution < 1.29 is 0 Å². The van der Waals surface area contributed by atoms with Gasteiger partial charge in [-0.05, 0) is 73.0 Å². The van der Waals surface area contributed by atoms with Gasteiger partial charge in [0.1, 0.15) is 0 Å². The molecular formula is C17H18BrNS. The van der Waals surface area contributed by atoms with E-state index in [-0.39, 0.29) is 0 Å². The Bertz CT molecular complexity index is 594. The van der Waals surface area contributed by atoms with Gasteiger partial charge >= 0.3 is 0 Å². The summed E-state index contributed by atoms with van der Waals surface area (Å²) in [6.45, 7) is 0. The van der Waals surface area contributed by atoms with Crippen molar-refractivity contribution in [3.05, 3.63) is 58.1 Å². The Balaban J connectivity index is 1.69. The lowest BCUT2D eigenvalue weighted by Crippen LogP contribution is -2.27. The van der Waals surface area contributed by atoms with Gasteiger partial charge in [-0.15, -0.1) is 11.8 Å². The van der Waals surface area contributed by atoms with Gasteiger partial charge in [0.25, 0.3) is 0 Å². The van der Waals surface area contributed by atoms with E-state index >= 15 is 0 Å². The molecule has 0 aliphatic heterocycles. The van der Waals surface area contributed by atoms with Gasteiger partial charge in [0.05, 0.1) is 0 Å². The number of rotatable bonds is 3. The number of nitrogens with one attached hydrogen (secondary N) is 1. The molecule has 0 saturated carbocycles. The van der Waals surface area contributed by atoms with E-state index in [1.807, 2.05) is 0 Å². The summed E-state index contributed by atoms with van der Waals surface area (Å²) in [7, 11) is 0. The highest BCUT2D eigenvalue weighted by molar-refractivity contribution is 9.10. The average Bonchev–Trinajstić information content (AvgIpc) is 2.48. The van der Waals surface area contributed by atoms with Crippen LogP contribution in [0.4, 0.5) is 5.69 Å². The van der Waals surface area contributed by atoms with Crippen LogP contribution in [0.1, 0.15) is 17.5 Å². The van der Waals surface area contributed by atoms with Crippen molar-refractivity contribution in [1.82, 2.24) is 0 Å². The Labute approximate surface area is 133 Å². The molecule has 0 bridgehead atoms. The molecular weight excluding hydrogens is 330 g/mol. The number of halogens is 1. The smallest absolute Gasteiger partial charge is 0.0343 e. The lowest BCUT2D eigenvalue weighted by atomic mass is 9.88. The second kappa shape index (κ2) is 6.23. The Morgan fingerprint density at radius 2 is 1.90 bits per heavy atom. The molecule has 0 fully saturated rings. The monoisotopic (exact) mass is 347 g/mol. The summed E-state index contributed by atoms with van der Waals surface area (Å²) in [4.78, 5) is 1.31. The molecule has 0 radical (unpaired) electrons. The summed E-state index contributed by atoms with van der Waals surface area (Å²) in [5.41, 5.74) is 4.21. The van der Waals surface area contributed by atoms with Gasteiger partial charge in [0.2, 0.25) is 0 Å². The minimum absolute atomic E-state index is 0.545. The van der Waals surface area contributed by atoms with Crippen molar-refractivity contribution in [3.63, 3.8) is 0 Å². The first-order valence-corrected chi connectivity index (χ1v) is 8.94. The number of anilines is 1. The predicted molar refractivity (Wildman–Crippen MR) is 91.8 cm³/mol. The molecule has 1 N–H and O–H groups in total. The van der Waals surface area contributed by atoms with Crippen LogP contribution in [-0.2, 0) is 12.8 Å². The molecule has 1 aliphatic rings. The maximum absolute atomic E-state index is 3.67. The molecule has 0 saturated heterocycles. The van der Waals surface area contributed by atoms with Crippen LogP contribution >= 0.6 is 27.7 Å². The molecule has 20 heavy (non-hydrogen) atoms. The van der Waals surface area contributed by atoms with Crippen LogP contribution in [0.3, 0.4) is 0 Å². The van der Waals surface area contributed by atoms with Gasteiger partial charge < -0.3 is 5.32 Å². The normalized spacial score (nSPS) is 17.6. The number of benzene rings is 2. The summed E-state index contributed by atoms with van der Waals surface area (Å²) in [6.07, 6.45) is 5.59. The van der Waals surface area contributed by atoms with Gasteiger partial charge in [-0.2, -0.15) is 0 Å². The molecule has 2 aromatic rings. The molecule has 3 rings (SSSR count). The molecule has 2 aromatic carbocycles. The third-order valence-electron chi connectivity index (χ3n) is 3.86. The average molecular weight is 348 g/mol. The number of hydrogen-bond donors (Lipinski definition) is 1. The number of hydrogen-bond acceptors (Lipinski definition) is 2. The Hall–Kier alpha value is -0.930.